The summed E-state index contributed by atoms with van der Waals surface area (Å²) in [5.74, 6) is -0.0246. The first kappa shape index (κ1) is 19.7. The minimum atomic E-state index is -2.92. The largest absolute Gasteiger partial charge is 0.493 e. The molecule has 1 atom stereocenters. The molecule has 2 N–H and O–H groups in total. The average molecular weight is 364 g/mol. The van der Waals surface area contributed by atoms with Crippen LogP contribution in [-0.4, -0.2) is 26.2 Å². The van der Waals surface area contributed by atoms with Crippen LogP contribution in [0.5, 0.6) is 11.5 Å². The molecule has 0 aliphatic carbocycles. The van der Waals surface area contributed by atoms with Gasteiger partial charge in [0.2, 0.25) is 5.91 Å². The highest BCUT2D eigenvalue weighted by atomic mass is 19.3. The summed E-state index contributed by atoms with van der Waals surface area (Å²) >= 11 is 0. The number of rotatable bonds is 9. The van der Waals surface area contributed by atoms with Gasteiger partial charge in [-0.1, -0.05) is 36.4 Å². The lowest BCUT2D eigenvalue weighted by Gasteiger charge is -2.14. The monoisotopic (exact) mass is 364 g/mol. The third-order valence-electron chi connectivity index (χ3n) is 3.80. The fourth-order valence-corrected chi connectivity index (χ4v) is 2.38. The number of hydrogen-bond acceptors (Lipinski definition) is 4. The van der Waals surface area contributed by atoms with Crippen LogP contribution < -0.4 is 20.1 Å². The third kappa shape index (κ3) is 6.00. The molecular weight excluding hydrogens is 342 g/mol. The van der Waals surface area contributed by atoms with Crippen molar-refractivity contribution in [1.82, 2.24) is 10.6 Å². The molecule has 0 aliphatic rings. The second kappa shape index (κ2) is 9.72. The summed E-state index contributed by atoms with van der Waals surface area (Å²) in [7, 11) is 1.37. The normalized spacial score (nSPS) is 11.9. The molecule has 0 saturated heterocycles. The Morgan fingerprint density at radius 2 is 1.85 bits per heavy atom. The number of carbonyl (C=O) groups excluding carboxylic acids is 1. The Balaban J connectivity index is 1.83. The molecule has 7 heteroatoms. The molecule has 2 aromatic rings. The highest BCUT2D eigenvalue weighted by Gasteiger charge is 2.12. The Labute approximate surface area is 151 Å². The van der Waals surface area contributed by atoms with Crippen LogP contribution in [0.3, 0.4) is 0 Å². The van der Waals surface area contributed by atoms with Gasteiger partial charge in [0.15, 0.2) is 11.5 Å². The van der Waals surface area contributed by atoms with Crippen molar-refractivity contribution in [2.75, 3.05) is 13.7 Å². The van der Waals surface area contributed by atoms with Gasteiger partial charge < -0.3 is 20.1 Å². The molecule has 0 heterocycles. The number of amides is 1. The van der Waals surface area contributed by atoms with Crippen molar-refractivity contribution < 1.29 is 23.0 Å². The van der Waals surface area contributed by atoms with E-state index < -0.39 is 6.61 Å². The van der Waals surface area contributed by atoms with E-state index in [9.17, 15) is 13.6 Å². The zero-order valence-corrected chi connectivity index (χ0v) is 14.7. The topological polar surface area (TPSA) is 59.6 Å². The van der Waals surface area contributed by atoms with Crippen molar-refractivity contribution in [3.8, 4) is 11.5 Å². The van der Waals surface area contributed by atoms with Gasteiger partial charge >= 0.3 is 6.61 Å². The summed E-state index contributed by atoms with van der Waals surface area (Å²) < 4.78 is 34.1. The summed E-state index contributed by atoms with van der Waals surface area (Å²) in [6.45, 7) is -0.521. The van der Waals surface area contributed by atoms with Crippen molar-refractivity contribution >= 4 is 5.91 Å². The number of benzene rings is 2. The summed E-state index contributed by atoms with van der Waals surface area (Å²) in [4.78, 5) is 12.0. The number of ether oxygens (including phenoxy) is 2. The van der Waals surface area contributed by atoms with Gasteiger partial charge in [0.1, 0.15) is 0 Å². The van der Waals surface area contributed by atoms with Crippen LogP contribution in [0.4, 0.5) is 8.78 Å². The minimum absolute atomic E-state index is 0.0454. The Hall–Kier alpha value is -2.67. The van der Waals surface area contributed by atoms with E-state index in [0.717, 1.165) is 5.56 Å². The number of methoxy groups -OCH3 is 1. The Bertz CT molecular complexity index is 711. The van der Waals surface area contributed by atoms with Crippen LogP contribution in [0, 0.1) is 0 Å². The molecule has 0 radical (unpaired) electrons. The number of alkyl halides is 2. The van der Waals surface area contributed by atoms with E-state index in [2.05, 4.69) is 15.4 Å². The molecule has 2 rings (SSSR count). The summed E-state index contributed by atoms with van der Waals surface area (Å²) in [5, 5.41) is 5.92. The molecule has 0 unspecified atom stereocenters. The van der Waals surface area contributed by atoms with Crippen LogP contribution >= 0.6 is 0 Å². The quantitative estimate of drug-likeness (QED) is 0.717. The van der Waals surface area contributed by atoms with Gasteiger partial charge in [-0.3, -0.25) is 4.79 Å². The van der Waals surface area contributed by atoms with E-state index in [4.69, 9.17) is 4.74 Å². The van der Waals surface area contributed by atoms with E-state index >= 15 is 0 Å². The number of nitrogens with one attached hydrogen (secondary N) is 2. The molecule has 0 bridgehead atoms. The van der Waals surface area contributed by atoms with Crippen LogP contribution in [0.15, 0.2) is 48.5 Å². The lowest BCUT2D eigenvalue weighted by molar-refractivity contribution is -0.120. The molecule has 2 aromatic carbocycles. The van der Waals surface area contributed by atoms with Crippen molar-refractivity contribution in [3.05, 3.63) is 59.7 Å². The number of hydrogen-bond donors (Lipinski definition) is 2. The third-order valence-corrected chi connectivity index (χ3v) is 3.80. The highest BCUT2D eigenvalue weighted by molar-refractivity contribution is 5.78. The molecule has 26 heavy (non-hydrogen) atoms. The van der Waals surface area contributed by atoms with Gasteiger partial charge in [-0.2, -0.15) is 8.78 Å². The highest BCUT2D eigenvalue weighted by Crippen LogP contribution is 2.29. The maximum Gasteiger partial charge on any atom is 0.387 e. The summed E-state index contributed by atoms with van der Waals surface area (Å²) in [5.41, 5.74) is 1.81. The van der Waals surface area contributed by atoms with Crippen molar-refractivity contribution in [2.45, 2.75) is 26.1 Å². The van der Waals surface area contributed by atoms with Crippen molar-refractivity contribution in [3.63, 3.8) is 0 Å². The maximum absolute atomic E-state index is 12.3. The van der Waals surface area contributed by atoms with Gasteiger partial charge in [0, 0.05) is 12.6 Å². The molecule has 0 fully saturated rings. The Kier molecular flexibility index (Phi) is 7.35. The predicted molar refractivity (Wildman–Crippen MR) is 94.3 cm³/mol. The van der Waals surface area contributed by atoms with Gasteiger partial charge in [0.25, 0.3) is 0 Å². The molecule has 0 aromatic heterocycles. The second-order valence-electron chi connectivity index (χ2n) is 5.65. The summed E-state index contributed by atoms with van der Waals surface area (Å²) in [6.07, 6.45) is 0. The zero-order valence-electron chi connectivity index (χ0n) is 14.7. The van der Waals surface area contributed by atoms with Crippen LogP contribution in [-0.2, 0) is 11.3 Å². The smallest absolute Gasteiger partial charge is 0.387 e. The Morgan fingerprint density at radius 3 is 2.50 bits per heavy atom. The van der Waals surface area contributed by atoms with Gasteiger partial charge in [-0.25, -0.2) is 0 Å². The molecule has 5 nitrogen and oxygen atoms in total. The van der Waals surface area contributed by atoms with E-state index in [1.165, 1.54) is 13.2 Å². The first-order valence-corrected chi connectivity index (χ1v) is 8.16. The Morgan fingerprint density at radius 1 is 1.12 bits per heavy atom. The zero-order chi connectivity index (χ0) is 18.9. The van der Waals surface area contributed by atoms with Crippen LogP contribution in [0.2, 0.25) is 0 Å². The number of carbonyl (C=O) groups is 1. The summed E-state index contributed by atoms with van der Waals surface area (Å²) in [6, 6.07) is 14.4. The predicted octanol–water partition coefficient (Wildman–Crippen LogP) is 3.26. The molecule has 0 spiro atoms. The minimum Gasteiger partial charge on any atom is -0.493 e. The second-order valence-corrected chi connectivity index (χ2v) is 5.65. The van der Waals surface area contributed by atoms with Gasteiger partial charge in [-0.05, 0) is 30.2 Å². The fraction of sp³-hybridized carbons (Fsp3) is 0.316. The van der Waals surface area contributed by atoms with Crippen LogP contribution in [0.25, 0.3) is 0 Å². The van der Waals surface area contributed by atoms with E-state index in [1.807, 2.05) is 37.3 Å². The molecule has 1 amide bonds. The maximum atomic E-state index is 12.3. The lowest BCUT2D eigenvalue weighted by Crippen LogP contribution is -2.34. The SMILES string of the molecule is COc1cc(CNC(=O)CN[C@@H](C)c2ccccc2)ccc1OC(F)F. The van der Waals surface area contributed by atoms with E-state index in [0.29, 0.717) is 5.56 Å². The first-order valence-electron chi connectivity index (χ1n) is 8.16. The van der Waals surface area contributed by atoms with Crippen molar-refractivity contribution in [1.29, 1.82) is 0 Å². The van der Waals surface area contributed by atoms with Crippen LogP contribution in [0.1, 0.15) is 24.1 Å². The van der Waals surface area contributed by atoms with E-state index in [1.54, 1.807) is 12.1 Å². The molecule has 0 saturated carbocycles. The standard InChI is InChI=1S/C19H22F2N2O3/c1-13(15-6-4-3-5-7-15)22-12-18(24)23-11-14-8-9-16(26-19(20)21)17(10-14)25-2/h3-10,13,19,22H,11-12H2,1-2H3,(H,23,24)/t13-/m0/s1. The molecule has 0 aliphatic heterocycles. The first-order chi connectivity index (χ1) is 12.5. The number of halogens is 2. The molecule has 140 valence electrons. The van der Waals surface area contributed by atoms with Crippen molar-refractivity contribution in [2.24, 2.45) is 0 Å². The van der Waals surface area contributed by atoms with Gasteiger partial charge in [-0.15, -0.1) is 0 Å². The lowest BCUT2D eigenvalue weighted by atomic mass is 10.1. The van der Waals surface area contributed by atoms with Gasteiger partial charge in [0.05, 0.1) is 13.7 Å². The fourth-order valence-electron chi connectivity index (χ4n) is 2.38. The molecular formula is C19H22F2N2O3. The van der Waals surface area contributed by atoms with E-state index in [-0.39, 0.29) is 36.5 Å². The average Bonchev–Trinajstić information content (AvgIpc) is 2.65.